The second kappa shape index (κ2) is 7.45. The van der Waals surface area contributed by atoms with Gasteiger partial charge in [0.15, 0.2) is 11.5 Å². The van der Waals surface area contributed by atoms with E-state index in [1.807, 2.05) is 25.1 Å². The van der Waals surface area contributed by atoms with Crippen LogP contribution in [0.1, 0.15) is 29.7 Å². The molecule has 128 valence electrons. The highest BCUT2D eigenvalue weighted by Crippen LogP contribution is 2.42. The number of ether oxygens (including phenoxy) is 3. The Hall–Kier alpha value is -1.72. The molecule has 1 unspecified atom stereocenters. The molecule has 2 aromatic rings. The van der Waals surface area contributed by atoms with Gasteiger partial charge in [0, 0.05) is 22.1 Å². The van der Waals surface area contributed by atoms with Gasteiger partial charge in [-0.3, -0.25) is 0 Å². The van der Waals surface area contributed by atoms with E-state index in [1.54, 1.807) is 14.2 Å². The first-order valence-electron chi connectivity index (χ1n) is 8.09. The summed E-state index contributed by atoms with van der Waals surface area (Å²) < 4.78 is 18.0. The summed E-state index contributed by atoms with van der Waals surface area (Å²) in [5.74, 6) is 2.52. The van der Waals surface area contributed by atoms with E-state index in [2.05, 4.69) is 33.4 Å². The summed E-state index contributed by atoms with van der Waals surface area (Å²) in [7, 11) is 3.39. The van der Waals surface area contributed by atoms with Crippen LogP contribution in [0.4, 0.5) is 0 Å². The lowest BCUT2D eigenvalue weighted by Gasteiger charge is -2.30. The van der Waals surface area contributed by atoms with E-state index in [-0.39, 0.29) is 6.04 Å². The van der Waals surface area contributed by atoms with E-state index in [1.165, 1.54) is 11.1 Å². The van der Waals surface area contributed by atoms with Gasteiger partial charge in [-0.15, -0.1) is 0 Å². The largest absolute Gasteiger partial charge is 0.496 e. The Bertz CT molecular complexity index is 733. The summed E-state index contributed by atoms with van der Waals surface area (Å²) in [6, 6.07) is 10.2. The topological polar surface area (TPSA) is 39.7 Å². The fourth-order valence-corrected chi connectivity index (χ4v) is 3.65. The predicted molar refractivity (Wildman–Crippen MR) is 98.4 cm³/mol. The van der Waals surface area contributed by atoms with Gasteiger partial charge < -0.3 is 19.5 Å². The Morgan fingerprint density at radius 3 is 2.54 bits per heavy atom. The van der Waals surface area contributed by atoms with Crippen molar-refractivity contribution in [3.8, 4) is 17.2 Å². The van der Waals surface area contributed by atoms with Crippen LogP contribution in [0.25, 0.3) is 0 Å². The van der Waals surface area contributed by atoms with E-state index in [0.717, 1.165) is 40.3 Å². The van der Waals surface area contributed by atoms with Gasteiger partial charge in [-0.05, 0) is 43.2 Å². The van der Waals surface area contributed by atoms with Gasteiger partial charge in [0.25, 0.3) is 0 Å². The zero-order valence-electron chi connectivity index (χ0n) is 14.2. The molecule has 0 aromatic heterocycles. The summed E-state index contributed by atoms with van der Waals surface area (Å²) in [5, 5.41) is 3.60. The van der Waals surface area contributed by atoms with Crippen LogP contribution in [-0.2, 0) is 6.42 Å². The molecule has 0 bridgehead atoms. The number of nitrogens with one attached hydrogen (secondary N) is 1. The summed E-state index contributed by atoms with van der Waals surface area (Å²) in [6.45, 7) is 3.49. The molecule has 24 heavy (non-hydrogen) atoms. The van der Waals surface area contributed by atoms with Gasteiger partial charge in [0.2, 0.25) is 0 Å². The Labute approximate surface area is 151 Å². The van der Waals surface area contributed by atoms with Crippen LogP contribution < -0.4 is 19.5 Å². The van der Waals surface area contributed by atoms with Crippen LogP contribution in [0.15, 0.2) is 34.8 Å². The highest BCUT2D eigenvalue weighted by atomic mass is 79.9. The van der Waals surface area contributed by atoms with Crippen molar-refractivity contribution in [3.05, 3.63) is 51.5 Å². The van der Waals surface area contributed by atoms with Crippen molar-refractivity contribution in [2.75, 3.05) is 27.4 Å². The Morgan fingerprint density at radius 1 is 1.08 bits per heavy atom. The molecule has 1 atom stereocenters. The van der Waals surface area contributed by atoms with Gasteiger partial charge in [0.05, 0.1) is 26.9 Å². The summed E-state index contributed by atoms with van der Waals surface area (Å²) in [6.07, 6.45) is 0.911. The number of methoxy groups -OCH3 is 2. The third kappa shape index (κ3) is 3.10. The van der Waals surface area contributed by atoms with Gasteiger partial charge in [-0.25, -0.2) is 0 Å². The minimum absolute atomic E-state index is 0.0614. The lowest BCUT2D eigenvalue weighted by Crippen LogP contribution is -2.31. The van der Waals surface area contributed by atoms with Gasteiger partial charge in [-0.2, -0.15) is 0 Å². The molecule has 5 heteroatoms. The fourth-order valence-electron chi connectivity index (χ4n) is 3.27. The number of hydrogen-bond donors (Lipinski definition) is 1. The van der Waals surface area contributed by atoms with Crippen molar-refractivity contribution in [2.45, 2.75) is 19.4 Å². The van der Waals surface area contributed by atoms with Crippen LogP contribution in [0.2, 0.25) is 0 Å². The lowest BCUT2D eigenvalue weighted by molar-refractivity contribution is 0.305. The average molecular weight is 392 g/mol. The van der Waals surface area contributed by atoms with Crippen molar-refractivity contribution in [1.82, 2.24) is 5.32 Å². The fraction of sp³-hybridized carbons (Fsp3) is 0.368. The zero-order chi connectivity index (χ0) is 17.1. The SMILES string of the molecule is CCOc1c(OC)ccc2c1CCNC2c1cc(Br)ccc1OC. The maximum atomic E-state index is 5.90. The molecule has 3 rings (SSSR count). The van der Waals surface area contributed by atoms with Crippen molar-refractivity contribution < 1.29 is 14.2 Å². The van der Waals surface area contributed by atoms with Crippen LogP contribution in [0.3, 0.4) is 0 Å². The van der Waals surface area contributed by atoms with E-state index < -0.39 is 0 Å². The van der Waals surface area contributed by atoms with Gasteiger partial charge >= 0.3 is 0 Å². The minimum Gasteiger partial charge on any atom is -0.496 e. The van der Waals surface area contributed by atoms with E-state index >= 15 is 0 Å². The Morgan fingerprint density at radius 2 is 1.83 bits per heavy atom. The third-order valence-corrected chi connectivity index (χ3v) is 4.80. The Balaban J connectivity index is 2.13. The molecule has 0 amide bonds. The highest BCUT2D eigenvalue weighted by molar-refractivity contribution is 9.10. The van der Waals surface area contributed by atoms with Crippen LogP contribution in [0, 0.1) is 0 Å². The van der Waals surface area contributed by atoms with Crippen molar-refractivity contribution >= 4 is 15.9 Å². The first kappa shape index (κ1) is 17.1. The van der Waals surface area contributed by atoms with Crippen LogP contribution >= 0.6 is 15.9 Å². The van der Waals surface area contributed by atoms with Crippen molar-refractivity contribution in [3.63, 3.8) is 0 Å². The maximum Gasteiger partial charge on any atom is 0.164 e. The lowest BCUT2D eigenvalue weighted by atomic mass is 9.88. The zero-order valence-corrected chi connectivity index (χ0v) is 15.8. The molecule has 1 N–H and O–H groups in total. The van der Waals surface area contributed by atoms with Gasteiger partial charge in [0.1, 0.15) is 5.75 Å². The van der Waals surface area contributed by atoms with E-state index in [4.69, 9.17) is 14.2 Å². The van der Waals surface area contributed by atoms with Crippen molar-refractivity contribution in [1.29, 1.82) is 0 Å². The molecule has 2 aromatic carbocycles. The first-order valence-corrected chi connectivity index (χ1v) is 8.88. The summed E-state index contributed by atoms with van der Waals surface area (Å²) in [4.78, 5) is 0. The molecule has 0 spiro atoms. The number of hydrogen-bond acceptors (Lipinski definition) is 4. The molecule has 4 nitrogen and oxygen atoms in total. The number of halogens is 1. The standard InChI is InChI=1S/C19H22BrNO3/c1-4-24-19-14-9-10-21-18(13(14)6-8-17(19)23-3)15-11-12(20)5-7-16(15)22-2/h5-8,11,18,21H,4,9-10H2,1-3H3. The molecule has 0 radical (unpaired) electrons. The molecule has 0 saturated carbocycles. The third-order valence-electron chi connectivity index (χ3n) is 4.31. The second-order valence-corrected chi connectivity index (χ2v) is 6.54. The normalized spacial score (nSPS) is 16.4. The highest BCUT2D eigenvalue weighted by Gasteiger charge is 2.28. The van der Waals surface area contributed by atoms with E-state index in [0.29, 0.717) is 6.61 Å². The van der Waals surface area contributed by atoms with Crippen molar-refractivity contribution in [2.24, 2.45) is 0 Å². The average Bonchev–Trinajstić information content (AvgIpc) is 2.61. The van der Waals surface area contributed by atoms with Crippen LogP contribution in [0.5, 0.6) is 17.2 Å². The second-order valence-electron chi connectivity index (χ2n) is 5.62. The summed E-state index contributed by atoms with van der Waals surface area (Å²) in [5.41, 5.74) is 3.53. The molecule has 0 fully saturated rings. The van der Waals surface area contributed by atoms with Crippen LogP contribution in [-0.4, -0.2) is 27.4 Å². The first-order chi connectivity index (χ1) is 11.7. The quantitative estimate of drug-likeness (QED) is 0.832. The molecular weight excluding hydrogens is 370 g/mol. The Kier molecular flexibility index (Phi) is 5.31. The maximum absolute atomic E-state index is 5.90. The number of rotatable bonds is 5. The molecule has 0 aliphatic carbocycles. The molecule has 1 aliphatic heterocycles. The monoisotopic (exact) mass is 391 g/mol. The number of benzene rings is 2. The minimum atomic E-state index is 0.0614. The molecule has 0 saturated heterocycles. The summed E-state index contributed by atoms with van der Waals surface area (Å²) >= 11 is 3.57. The predicted octanol–water partition coefficient (Wildman–Crippen LogP) is 4.10. The molecule has 1 aliphatic rings. The van der Waals surface area contributed by atoms with Gasteiger partial charge in [-0.1, -0.05) is 22.0 Å². The number of fused-ring (bicyclic) bond motifs is 1. The molecular formula is C19H22BrNO3. The smallest absolute Gasteiger partial charge is 0.164 e. The molecule has 1 heterocycles. The van der Waals surface area contributed by atoms with E-state index in [9.17, 15) is 0 Å².